The van der Waals surface area contributed by atoms with E-state index in [0.29, 0.717) is 0 Å². The summed E-state index contributed by atoms with van der Waals surface area (Å²) in [5.41, 5.74) is 0.260. The molecule has 0 heterocycles. The van der Waals surface area contributed by atoms with E-state index in [1.54, 1.807) is 0 Å². The van der Waals surface area contributed by atoms with Gasteiger partial charge in [0.1, 0.15) is 0 Å². The van der Waals surface area contributed by atoms with Crippen molar-refractivity contribution in [2.24, 2.45) is 0 Å². The number of hydrogen-bond donors (Lipinski definition) is 1. The zero-order valence-corrected chi connectivity index (χ0v) is 21.3. The van der Waals surface area contributed by atoms with Gasteiger partial charge in [0.05, 0.1) is 11.1 Å². The quantitative estimate of drug-likeness (QED) is 0.103. The summed E-state index contributed by atoms with van der Waals surface area (Å²) in [5.74, 6) is -2.32. The van der Waals surface area contributed by atoms with Crippen LogP contribution in [0.4, 0.5) is 0 Å². The molecule has 178 valence electrons. The van der Waals surface area contributed by atoms with Crippen LogP contribution in [0.25, 0.3) is 0 Å². The number of carbonyl (C=O) groups excluding carboxylic acids is 2. The second-order valence-corrected chi connectivity index (χ2v) is 8.34. The molecule has 5 nitrogen and oxygen atoms in total. The number of hydrogen-bond acceptors (Lipinski definition) is 4. The predicted octanol–water partition coefficient (Wildman–Crippen LogP) is 7.33. The van der Waals surface area contributed by atoms with Gasteiger partial charge in [-0.3, -0.25) is 4.79 Å². The minimum atomic E-state index is -1.07. The van der Waals surface area contributed by atoms with E-state index in [1.165, 1.54) is 101 Å². The zero-order chi connectivity index (χ0) is 22.7. The average Bonchev–Trinajstić information content (AvgIpc) is 2.76. The Kier molecular flexibility index (Phi) is 19.3. The summed E-state index contributed by atoms with van der Waals surface area (Å²) >= 11 is 0. The van der Waals surface area contributed by atoms with E-state index >= 15 is 0 Å². The Morgan fingerprint density at radius 1 is 0.656 bits per heavy atom. The molecule has 0 spiro atoms. The van der Waals surface area contributed by atoms with Gasteiger partial charge in [-0.2, -0.15) is 0 Å². The molecule has 0 aliphatic rings. The maximum atomic E-state index is 11.9. The van der Waals surface area contributed by atoms with E-state index in [1.807, 2.05) is 0 Å². The van der Waals surface area contributed by atoms with E-state index in [4.69, 9.17) is 9.84 Å². The summed E-state index contributed by atoms with van der Waals surface area (Å²) in [4.78, 5) is 34.5. The molecule has 6 heteroatoms. The van der Waals surface area contributed by atoms with Crippen molar-refractivity contribution in [1.82, 2.24) is 0 Å². The van der Waals surface area contributed by atoms with Gasteiger partial charge in [0.2, 0.25) is 0 Å². The molecule has 0 atom stereocenters. The van der Waals surface area contributed by atoms with Crippen LogP contribution in [0.1, 0.15) is 130 Å². The monoisotopic (exact) mass is 480 g/mol. The van der Waals surface area contributed by atoms with Gasteiger partial charge in [-0.05, 0) is 30.7 Å². The Labute approximate surface area is 208 Å². The normalized spacial score (nSPS) is 10.4. The molecule has 1 N–H and O–H groups in total. The van der Waals surface area contributed by atoms with Crippen molar-refractivity contribution in [2.75, 3.05) is 0 Å². The Morgan fingerprint density at radius 2 is 1.03 bits per heavy atom. The average molecular weight is 480 g/mol. The van der Waals surface area contributed by atoms with Crippen LogP contribution >= 0.6 is 0 Å². The Hall–Kier alpha value is -1.46. The third kappa shape index (κ3) is 15.4. The van der Waals surface area contributed by atoms with Crippen molar-refractivity contribution in [3.8, 4) is 0 Å². The molecule has 0 amide bonds. The summed E-state index contributed by atoms with van der Waals surface area (Å²) in [7, 11) is 0. The number of carboxylic acid groups (broad SMARTS) is 1. The number of rotatable bonds is 18. The van der Waals surface area contributed by atoms with Gasteiger partial charge < -0.3 is 9.84 Å². The number of carbonyl (C=O) groups is 3. The van der Waals surface area contributed by atoms with Gasteiger partial charge >= 0.3 is 17.9 Å². The van der Waals surface area contributed by atoms with E-state index in [2.05, 4.69) is 6.92 Å². The maximum absolute atomic E-state index is 11.9. The first-order valence-corrected chi connectivity index (χ1v) is 12.1. The number of esters is 2. The minimum absolute atomic E-state index is 0. The van der Waals surface area contributed by atoms with Crippen LogP contribution in [0.15, 0.2) is 24.3 Å². The van der Waals surface area contributed by atoms with Crippen LogP contribution in [0, 0.1) is 0 Å². The first-order chi connectivity index (χ1) is 15.0. The Bertz CT molecular complexity index is 642. The molecule has 0 saturated carbocycles. The van der Waals surface area contributed by atoms with E-state index in [9.17, 15) is 14.4 Å². The SMILES string of the molecule is CCCCCCCCCCCCCCCCCC(=O)OC(=O)c1ccc(C(=O)O)cc1.[Ti]. The first kappa shape index (κ1) is 30.5. The molecule has 0 unspecified atom stereocenters. The zero-order valence-electron chi connectivity index (χ0n) is 19.7. The number of aromatic carboxylic acids is 1. The van der Waals surface area contributed by atoms with Crippen molar-refractivity contribution in [2.45, 2.75) is 110 Å². The van der Waals surface area contributed by atoms with Crippen molar-refractivity contribution in [3.05, 3.63) is 35.4 Å². The van der Waals surface area contributed by atoms with Crippen LogP contribution < -0.4 is 0 Å². The summed E-state index contributed by atoms with van der Waals surface area (Å²) in [6, 6.07) is 5.34. The molecule has 1 aromatic rings. The topological polar surface area (TPSA) is 80.7 Å². The van der Waals surface area contributed by atoms with Crippen molar-refractivity contribution >= 4 is 17.9 Å². The first-order valence-electron chi connectivity index (χ1n) is 12.1. The van der Waals surface area contributed by atoms with Gasteiger partial charge in [-0.15, -0.1) is 0 Å². The molecule has 1 aromatic carbocycles. The molecule has 0 fully saturated rings. The fraction of sp³-hybridized carbons (Fsp3) is 0.654. The minimum Gasteiger partial charge on any atom is -0.478 e. The Balaban J connectivity index is 0.00000961. The molecule has 0 aliphatic carbocycles. The second-order valence-electron chi connectivity index (χ2n) is 8.34. The number of benzene rings is 1. The third-order valence-electron chi connectivity index (χ3n) is 5.56. The summed E-state index contributed by atoms with van der Waals surface area (Å²) < 4.78 is 4.83. The van der Waals surface area contributed by atoms with Crippen LogP contribution in [0.5, 0.6) is 0 Å². The van der Waals surface area contributed by atoms with Gasteiger partial charge in [-0.25, -0.2) is 9.59 Å². The van der Waals surface area contributed by atoms with Crippen molar-refractivity contribution in [3.63, 3.8) is 0 Å². The number of unbranched alkanes of at least 4 members (excludes halogenated alkanes) is 14. The second kappa shape index (κ2) is 20.2. The van der Waals surface area contributed by atoms with Crippen LogP contribution in [0.3, 0.4) is 0 Å². The van der Waals surface area contributed by atoms with Crippen molar-refractivity contribution in [1.29, 1.82) is 0 Å². The summed E-state index contributed by atoms with van der Waals surface area (Å²) in [6.45, 7) is 2.25. The van der Waals surface area contributed by atoms with Crippen molar-refractivity contribution < 1.29 is 45.9 Å². The van der Waals surface area contributed by atoms with E-state index in [0.717, 1.165) is 19.3 Å². The summed E-state index contributed by atoms with van der Waals surface area (Å²) in [6.07, 6.45) is 19.1. The number of ether oxygens (including phenoxy) is 1. The molecule has 0 aromatic heterocycles. The maximum Gasteiger partial charge on any atom is 0.345 e. The van der Waals surface area contributed by atoms with Gasteiger partial charge in [0.15, 0.2) is 0 Å². The van der Waals surface area contributed by atoms with Gasteiger partial charge in [0.25, 0.3) is 0 Å². The Morgan fingerprint density at radius 3 is 1.44 bits per heavy atom. The molecule has 0 saturated heterocycles. The van der Waals surface area contributed by atoms with E-state index in [-0.39, 0.29) is 39.3 Å². The number of carboxylic acids is 1. The fourth-order valence-corrected chi connectivity index (χ4v) is 3.60. The predicted molar refractivity (Wildman–Crippen MR) is 123 cm³/mol. The molecule has 1 rings (SSSR count). The smallest absolute Gasteiger partial charge is 0.345 e. The summed E-state index contributed by atoms with van der Waals surface area (Å²) in [5, 5.41) is 8.85. The molecule has 0 radical (unpaired) electrons. The largest absolute Gasteiger partial charge is 0.478 e. The molecular formula is C26H40O5Ti. The molecule has 0 bridgehead atoms. The third-order valence-corrected chi connectivity index (χ3v) is 5.56. The van der Waals surface area contributed by atoms with Crippen LogP contribution in [-0.4, -0.2) is 23.0 Å². The van der Waals surface area contributed by atoms with Crippen LogP contribution in [0.2, 0.25) is 0 Å². The standard InChI is InChI=1S/C26H40O5.Ti/c1-2-3-4-5-6-7-8-9-10-11-12-13-14-15-16-17-24(27)31-26(30)23-20-18-22(19-21-23)25(28)29;/h18-21H,2-17H2,1H3,(H,28,29);. The van der Waals surface area contributed by atoms with Gasteiger partial charge in [0, 0.05) is 28.1 Å². The molecule has 32 heavy (non-hydrogen) atoms. The molecule has 0 aliphatic heterocycles. The fourth-order valence-electron chi connectivity index (χ4n) is 3.60. The van der Waals surface area contributed by atoms with Gasteiger partial charge in [-0.1, -0.05) is 96.8 Å². The van der Waals surface area contributed by atoms with Crippen LogP contribution in [-0.2, 0) is 31.2 Å². The van der Waals surface area contributed by atoms with E-state index < -0.39 is 17.9 Å². The molecular weight excluding hydrogens is 440 g/mol.